The number of hydrogen-bond acceptors (Lipinski definition) is 2. The lowest BCUT2D eigenvalue weighted by Gasteiger charge is -2.07. The summed E-state index contributed by atoms with van der Waals surface area (Å²) in [6.45, 7) is -0.0336. The Kier molecular flexibility index (Phi) is 3.20. The third-order valence-electron chi connectivity index (χ3n) is 3.81. The van der Waals surface area contributed by atoms with Gasteiger partial charge in [0.25, 0.3) is 0 Å². The lowest BCUT2D eigenvalue weighted by Crippen LogP contribution is -1.98. The molecule has 0 radical (unpaired) electrons. The predicted octanol–water partition coefficient (Wildman–Crippen LogP) is 3.42. The monoisotopic (exact) mass is 307 g/mol. The topological polar surface area (TPSA) is 42.5 Å². The SMILES string of the molecule is OCc1ccn2c(-n3cccc3)c(-c3ccc(F)cc3)nc2c1. The Morgan fingerprint density at radius 3 is 2.43 bits per heavy atom. The summed E-state index contributed by atoms with van der Waals surface area (Å²) >= 11 is 0. The van der Waals surface area contributed by atoms with Gasteiger partial charge in [0.05, 0.1) is 6.61 Å². The number of nitrogens with zero attached hydrogens (tertiary/aromatic N) is 3. The van der Waals surface area contributed by atoms with Crippen LogP contribution in [0.25, 0.3) is 22.7 Å². The van der Waals surface area contributed by atoms with E-state index in [0.717, 1.165) is 28.3 Å². The van der Waals surface area contributed by atoms with Crippen LogP contribution in [0.2, 0.25) is 0 Å². The van der Waals surface area contributed by atoms with Crippen molar-refractivity contribution in [1.29, 1.82) is 0 Å². The van der Waals surface area contributed by atoms with Gasteiger partial charge in [0, 0.05) is 24.2 Å². The molecular formula is C18H14FN3O. The first-order chi connectivity index (χ1) is 11.3. The highest BCUT2D eigenvalue weighted by atomic mass is 19.1. The van der Waals surface area contributed by atoms with Gasteiger partial charge in [0.1, 0.15) is 23.0 Å². The third kappa shape index (κ3) is 2.31. The number of hydrogen-bond donors (Lipinski definition) is 1. The second kappa shape index (κ2) is 5.37. The van der Waals surface area contributed by atoms with Crippen LogP contribution in [0.3, 0.4) is 0 Å². The first-order valence-corrected chi connectivity index (χ1v) is 7.27. The summed E-state index contributed by atoms with van der Waals surface area (Å²) in [6, 6.07) is 13.9. The predicted molar refractivity (Wildman–Crippen MR) is 85.8 cm³/mol. The minimum Gasteiger partial charge on any atom is -0.392 e. The number of imidazole rings is 1. The van der Waals surface area contributed by atoms with E-state index in [0.29, 0.717) is 0 Å². The smallest absolute Gasteiger partial charge is 0.149 e. The van der Waals surface area contributed by atoms with Crippen LogP contribution in [0.4, 0.5) is 4.39 Å². The largest absolute Gasteiger partial charge is 0.392 e. The van der Waals surface area contributed by atoms with E-state index in [9.17, 15) is 9.50 Å². The fourth-order valence-corrected chi connectivity index (χ4v) is 2.70. The van der Waals surface area contributed by atoms with Crippen LogP contribution < -0.4 is 0 Å². The highest BCUT2D eigenvalue weighted by molar-refractivity contribution is 5.72. The zero-order valence-corrected chi connectivity index (χ0v) is 12.2. The van der Waals surface area contributed by atoms with Crippen LogP contribution in [0, 0.1) is 5.82 Å². The van der Waals surface area contributed by atoms with Crippen molar-refractivity contribution < 1.29 is 9.50 Å². The molecule has 1 N–H and O–H groups in total. The number of fused-ring (bicyclic) bond motifs is 1. The van der Waals surface area contributed by atoms with E-state index in [1.54, 1.807) is 12.1 Å². The Morgan fingerprint density at radius 2 is 1.74 bits per heavy atom. The van der Waals surface area contributed by atoms with Gasteiger partial charge in [0.2, 0.25) is 0 Å². The maximum absolute atomic E-state index is 13.2. The van der Waals surface area contributed by atoms with Gasteiger partial charge < -0.3 is 9.67 Å². The van der Waals surface area contributed by atoms with Crippen molar-refractivity contribution in [3.8, 4) is 17.1 Å². The number of aliphatic hydroxyl groups excluding tert-OH is 1. The lowest BCUT2D eigenvalue weighted by molar-refractivity contribution is 0.282. The van der Waals surface area contributed by atoms with E-state index in [2.05, 4.69) is 4.98 Å². The van der Waals surface area contributed by atoms with Crippen LogP contribution in [-0.4, -0.2) is 19.1 Å². The zero-order chi connectivity index (χ0) is 15.8. The standard InChI is InChI=1S/C18H14FN3O/c19-15-5-3-14(4-6-15)17-18(21-8-1-2-9-21)22-10-7-13(12-23)11-16(22)20-17/h1-11,23H,12H2. The molecule has 114 valence electrons. The molecule has 0 spiro atoms. The average Bonchev–Trinajstić information content (AvgIpc) is 3.21. The molecule has 4 aromatic rings. The first kappa shape index (κ1) is 13.7. The second-order valence-electron chi connectivity index (χ2n) is 5.30. The summed E-state index contributed by atoms with van der Waals surface area (Å²) in [6.07, 6.45) is 5.77. The summed E-state index contributed by atoms with van der Waals surface area (Å²) in [5.41, 5.74) is 3.13. The molecule has 23 heavy (non-hydrogen) atoms. The van der Waals surface area contributed by atoms with Gasteiger partial charge >= 0.3 is 0 Å². The molecule has 3 aromatic heterocycles. The number of aliphatic hydroxyl groups is 1. The third-order valence-corrected chi connectivity index (χ3v) is 3.81. The van der Waals surface area contributed by atoms with Crippen molar-refractivity contribution in [3.63, 3.8) is 0 Å². The number of pyridine rings is 1. The number of benzene rings is 1. The van der Waals surface area contributed by atoms with Crippen molar-refractivity contribution in [1.82, 2.24) is 14.0 Å². The Bertz CT molecular complexity index is 956. The molecule has 4 nitrogen and oxygen atoms in total. The van der Waals surface area contributed by atoms with E-state index < -0.39 is 0 Å². The molecule has 0 amide bonds. The van der Waals surface area contributed by atoms with Gasteiger partial charge in [-0.25, -0.2) is 9.37 Å². The molecule has 4 rings (SSSR count). The Morgan fingerprint density at radius 1 is 1.00 bits per heavy atom. The highest BCUT2D eigenvalue weighted by Gasteiger charge is 2.15. The number of rotatable bonds is 3. The van der Waals surface area contributed by atoms with E-state index >= 15 is 0 Å². The van der Waals surface area contributed by atoms with Gasteiger partial charge in [-0.2, -0.15) is 0 Å². The summed E-state index contributed by atoms with van der Waals surface area (Å²) < 4.78 is 17.1. The van der Waals surface area contributed by atoms with Crippen molar-refractivity contribution in [2.75, 3.05) is 0 Å². The maximum atomic E-state index is 13.2. The Hall–Kier alpha value is -2.92. The molecule has 0 unspecified atom stereocenters. The minimum absolute atomic E-state index is 0.0336. The average molecular weight is 307 g/mol. The van der Waals surface area contributed by atoms with Gasteiger partial charge in [0.15, 0.2) is 0 Å². The van der Waals surface area contributed by atoms with E-state index in [1.807, 2.05) is 51.8 Å². The van der Waals surface area contributed by atoms with Crippen LogP contribution in [-0.2, 0) is 6.61 Å². The zero-order valence-electron chi connectivity index (χ0n) is 12.2. The van der Waals surface area contributed by atoms with Crippen LogP contribution in [0.15, 0.2) is 67.1 Å². The molecule has 0 fully saturated rings. The molecule has 3 heterocycles. The van der Waals surface area contributed by atoms with Gasteiger partial charge in [-0.3, -0.25) is 4.40 Å². The van der Waals surface area contributed by atoms with Crippen LogP contribution in [0.5, 0.6) is 0 Å². The molecule has 1 aromatic carbocycles. The van der Waals surface area contributed by atoms with Crippen molar-refractivity contribution in [3.05, 3.63) is 78.5 Å². The van der Waals surface area contributed by atoms with E-state index in [4.69, 9.17) is 0 Å². The van der Waals surface area contributed by atoms with Crippen LogP contribution in [0.1, 0.15) is 5.56 Å². The number of halogens is 1. The molecule has 0 aliphatic carbocycles. The molecule has 0 atom stereocenters. The summed E-state index contributed by atoms with van der Waals surface area (Å²) in [5.74, 6) is 0.601. The molecule has 0 bridgehead atoms. The van der Waals surface area contributed by atoms with Gasteiger partial charge in [-0.15, -0.1) is 0 Å². The van der Waals surface area contributed by atoms with Crippen LogP contribution >= 0.6 is 0 Å². The fourth-order valence-electron chi connectivity index (χ4n) is 2.70. The Balaban J connectivity index is 2.01. The summed E-state index contributed by atoms with van der Waals surface area (Å²) in [5, 5.41) is 9.32. The lowest BCUT2D eigenvalue weighted by atomic mass is 10.1. The number of aromatic nitrogens is 3. The quantitative estimate of drug-likeness (QED) is 0.630. The van der Waals surface area contributed by atoms with Gasteiger partial charge in [-0.05, 0) is 54.1 Å². The second-order valence-corrected chi connectivity index (χ2v) is 5.30. The Labute approximate surface area is 132 Å². The fraction of sp³-hybridized carbons (Fsp3) is 0.0556. The molecule has 0 saturated carbocycles. The molecular weight excluding hydrogens is 293 g/mol. The highest BCUT2D eigenvalue weighted by Crippen LogP contribution is 2.28. The van der Waals surface area contributed by atoms with E-state index in [-0.39, 0.29) is 12.4 Å². The molecule has 0 saturated heterocycles. The maximum Gasteiger partial charge on any atom is 0.149 e. The van der Waals surface area contributed by atoms with Crippen molar-refractivity contribution in [2.45, 2.75) is 6.61 Å². The minimum atomic E-state index is -0.275. The first-order valence-electron chi connectivity index (χ1n) is 7.27. The molecule has 5 heteroatoms. The molecule has 0 aliphatic rings. The normalized spacial score (nSPS) is 11.2. The summed E-state index contributed by atoms with van der Waals surface area (Å²) in [7, 11) is 0. The summed E-state index contributed by atoms with van der Waals surface area (Å²) in [4.78, 5) is 4.69. The van der Waals surface area contributed by atoms with E-state index in [1.165, 1.54) is 12.1 Å². The van der Waals surface area contributed by atoms with Crippen molar-refractivity contribution >= 4 is 5.65 Å². The van der Waals surface area contributed by atoms with Gasteiger partial charge in [-0.1, -0.05) is 0 Å². The van der Waals surface area contributed by atoms with Crippen molar-refractivity contribution in [2.24, 2.45) is 0 Å². The molecule has 0 aliphatic heterocycles.